The van der Waals surface area contributed by atoms with E-state index in [1.54, 1.807) is 36.4 Å². The molecule has 0 spiro atoms. The van der Waals surface area contributed by atoms with Gasteiger partial charge >= 0.3 is 5.97 Å². The molecule has 6 aromatic carbocycles. The zero-order valence-corrected chi connectivity index (χ0v) is 37.1. The first-order valence-corrected chi connectivity index (χ1v) is 21.2. The van der Waals surface area contributed by atoms with Gasteiger partial charge in [0.2, 0.25) is 0 Å². The molecule has 5 N–H and O–H groups in total. The molecule has 12 heteroatoms. The molecule has 0 bridgehead atoms. The Kier molecular flexibility index (Phi) is 21.7. The lowest BCUT2D eigenvalue weighted by Gasteiger charge is -2.21. The smallest absolute Gasteiger partial charge is 0.335 e. The average Bonchev–Trinajstić information content (AvgIpc) is 3.30. The van der Waals surface area contributed by atoms with Crippen LogP contribution in [-0.4, -0.2) is 56.3 Å². The molecule has 0 aliphatic carbocycles. The lowest BCUT2D eigenvalue weighted by Crippen LogP contribution is -2.21. The van der Waals surface area contributed by atoms with Crippen molar-refractivity contribution < 1.29 is 27.9 Å². The molecular weight excluding hydrogens is 802 g/mol. The maximum absolute atomic E-state index is 12.8. The minimum atomic E-state index is -0.879. The third-order valence-corrected chi connectivity index (χ3v) is 9.88. The van der Waals surface area contributed by atoms with Crippen LogP contribution < -0.4 is 31.1 Å². The number of rotatable bonds is 15. The van der Waals surface area contributed by atoms with Gasteiger partial charge in [0.05, 0.1) is 5.56 Å². The fourth-order valence-electron chi connectivity index (χ4n) is 6.20. The second kappa shape index (κ2) is 27.1. The fourth-order valence-corrected chi connectivity index (χ4v) is 6.20. The number of halogens is 3. The summed E-state index contributed by atoms with van der Waals surface area (Å²) in [6, 6.07) is 40.8. The number of nitrogen functional groups attached to an aromatic ring is 1. The summed E-state index contributed by atoms with van der Waals surface area (Å²) in [6.45, 7) is 19.2. The van der Waals surface area contributed by atoms with Gasteiger partial charge in [0.1, 0.15) is 17.5 Å². The Bertz CT molecular complexity index is 2170. The summed E-state index contributed by atoms with van der Waals surface area (Å²) in [4.78, 5) is 29.4. The molecule has 0 saturated carbocycles. The minimum Gasteiger partial charge on any atom is -0.478 e. The van der Waals surface area contributed by atoms with Crippen molar-refractivity contribution in [1.29, 1.82) is 0 Å². The van der Waals surface area contributed by atoms with Gasteiger partial charge in [-0.05, 0) is 181 Å². The topological polar surface area (TPSA) is 114 Å². The standard InChI is InChI=1S/C17H19FN2O.C17H21FN2.C11H15NO2.C6H6FN/c1-3-20(4-2)16-11-5-13(6-12-16)17(21)19-15-9-7-14(18)8-10-15;1-3-20(4-2)17-11-5-14(6-12-17)13-19-16-9-7-15(18)8-10-16;1-3-12(4-2)10-7-5-9(6-8-10)11(13)14;7-5-1-3-6(8)4-2-5/h5-12H,3-4H2,1-2H3,(H,19,21);5-12,19H,3-4,13H2,1-2H3;5-8H,3-4H2,1-2H3,(H,13,14);1-4H,8H2. The van der Waals surface area contributed by atoms with Crippen LogP contribution in [0.15, 0.2) is 146 Å². The number of nitrogens with one attached hydrogen (secondary N) is 2. The lowest BCUT2D eigenvalue weighted by atomic mass is 10.1. The molecule has 0 fully saturated rings. The molecule has 0 radical (unpaired) electrons. The first-order valence-electron chi connectivity index (χ1n) is 21.2. The maximum atomic E-state index is 12.8. The molecule has 0 heterocycles. The highest BCUT2D eigenvalue weighted by Crippen LogP contribution is 2.19. The van der Waals surface area contributed by atoms with Gasteiger partial charge in [-0.2, -0.15) is 0 Å². The first kappa shape index (κ1) is 50.4. The predicted octanol–water partition coefficient (Wildman–Crippen LogP) is 11.8. The molecule has 0 aliphatic rings. The minimum absolute atomic E-state index is 0.201. The monoisotopic (exact) mass is 862 g/mol. The van der Waals surface area contributed by atoms with E-state index < -0.39 is 5.97 Å². The Morgan fingerprint density at radius 1 is 0.476 bits per heavy atom. The van der Waals surface area contributed by atoms with E-state index in [9.17, 15) is 22.8 Å². The second-order valence-corrected chi connectivity index (χ2v) is 14.0. The average molecular weight is 863 g/mol. The quantitative estimate of drug-likeness (QED) is 0.0755. The molecule has 1 amide bonds. The van der Waals surface area contributed by atoms with E-state index in [2.05, 4.69) is 91.1 Å². The van der Waals surface area contributed by atoms with Crippen molar-refractivity contribution in [2.45, 2.75) is 48.1 Å². The Hall–Kier alpha value is -6.95. The zero-order valence-electron chi connectivity index (χ0n) is 37.1. The summed E-state index contributed by atoms with van der Waals surface area (Å²) in [5.74, 6) is -1.86. The Labute approximate surface area is 371 Å². The van der Waals surface area contributed by atoms with E-state index in [1.807, 2.05) is 24.3 Å². The first-order chi connectivity index (χ1) is 30.3. The van der Waals surface area contributed by atoms with Gasteiger partial charge in [0, 0.05) is 85.5 Å². The molecule has 334 valence electrons. The Morgan fingerprint density at radius 3 is 1.16 bits per heavy atom. The number of carbonyl (C=O) groups is 2. The number of benzene rings is 6. The number of amides is 1. The van der Waals surface area contributed by atoms with Gasteiger partial charge in [-0.15, -0.1) is 0 Å². The number of carbonyl (C=O) groups excluding carboxylic acids is 1. The van der Waals surface area contributed by atoms with E-state index >= 15 is 0 Å². The number of carboxylic acid groups (broad SMARTS) is 1. The Morgan fingerprint density at radius 2 is 0.810 bits per heavy atom. The zero-order chi connectivity index (χ0) is 46.1. The van der Waals surface area contributed by atoms with Crippen LogP contribution in [0.3, 0.4) is 0 Å². The molecule has 63 heavy (non-hydrogen) atoms. The number of nitrogens with zero attached hydrogens (tertiary/aromatic N) is 3. The van der Waals surface area contributed by atoms with E-state index in [1.165, 1.54) is 71.9 Å². The summed E-state index contributed by atoms with van der Waals surface area (Å²) in [5, 5.41) is 14.7. The van der Waals surface area contributed by atoms with Crippen molar-refractivity contribution in [3.8, 4) is 0 Å². The third kappa shape index (κ3) is 17.5. The predicted molar refractivity (Wildman–Crippen MR) is 256 cm³/mol. The van der Waals surface area contributed by atoms with Gasteiger partial charge in [-0.3, -0.25) is 4.79 Å². The van der Waals surface area contributed by atoms with Crippen molar-refractivity contribution in [2.24, 2.45) is 0 Å². The van der Waals surface area contributed by atoms with Gasteiger partial charge in [-0.25, -0.2) is 18.0 Å². The van der Waals surface area contributed by atoms with Crippen molar-refractivity contribution in [3.63, 3.8) is 0 Å². The highest BCUT2D eigenvalue weighted by molar-refractivity contribution is 6.04. The molecule has 0 aromatic heterocycles. The highest BCUT2D eigenvalue weighted by Gasteiger charge is 2.09. The van der Waals surface area contributed by atoms with Gasteiger partial charge < -0.3 is 36.2 Å². The molecule has 9 nitrogen and oxygen atoms in total. The van der Waals surface area contributed by atoms with Crippen molar-refractivity contribution in [2.75, 3.05) is 70.3 Å². The normalized spacial score (nSPS) is 10.0. The van der Waals surface area contributed by atoms with Crippen LogP contribution in [-0.2, 0) is 6.54 Å². The van der Waals surface area contributed by atoms with Crippen molar-refractivity contribution >= 4 is 46.0 Å². The number of anilines is 6. The van der Waals surface area contributed by atoms with Crippen LogP contribution in [0.4, 0.5) is 47.3 Å². The maximum Gasteiger partial charge on any atom is 0.335 e. The van der Waals surface area contributed by atoms with E-state index in [0.717, 1.165) is 62.9 Å². The van der Waals surface area contributed by atoms with Crippen LogP contribution in [0.5, 0.6) is 0 Å². The third-order valence-electron chi connectivity index (χ3n) is 9.88. The number of aromatic carboxylic acids is 1. The molecule has 0 unspecified atom stereocenters. The molecule has 0 saturated heterocycles. The number of hydrogen-bond acceptors (Lipinski definition) is 7. The van der Waals surface area contributed by atoms with Crippen LogP contribution >= 0.6 is 0 Å². The fraction of sp³-hybridized carbons (Fsp3) is 0.255. The number of carboxylic acids is 1. The summed E-state index contributed by atoms with van der Waals surface area (Å²) in [5.41, 5.74) is 12.9. The van der Waals surface area contributed by atoms with Gasteiger partial charge in [0.15, 0.2) is 0 Å². The summed E-state index contributed by atoms with van der Waals surface area (Å²) in [6.07, 6.45) is 0. The van der Waals surface area contributed by atoms with Crippen LogP contribution in [0.25, 0.3) is 0 Å². The molecular formula is C51H61F3N6O3. The molecule has 0 aliphatic heterocycles. The SMILES string of the molecule is CCN(CC)c1ccc(C(=O)Nc2ccc(F)cc2)cc1.CCN(CC)c1ccc(C(=O)O)cc1.CCN(CC)c1ccc(CNc2ccc(F)cc2)cc1.Nc1ccc(F)cc1. The second-order valence-electron chi connectivity index (χ2n) is 14.0. The molecule has 6 aromatic rings. The number of nitrogens with two attached hydrogens (primary N) is 1. The van der Waals surface area contributed by atoms with Crippen LogP contribution in [0.2, 0.25) is 0 Å². The summed E-state index contributed by atoms with van der Waals surface area (Å²) >= 11 is 0. The van der Waals surface area contributed by atoms with Gasteiger partial charge in [0.25, 0.3) is 5.91 Å². The van der Waals surface area contributed by atoms with E-state index in [-0.39, 0.29) is 23.4 Å². The molecule has 6 rings (SSSR count). The van der Waals surface area contributed by atoms with E-state index in [0.29, 0.717) is 22.5 Å². The Balaban J connectivity index is 0.000000235. The van der Waals surface area contributed by atoms with E-state index in [4.69, 9.17) is 10.8 Å². The van der Waals surface area contributed by atoms with Crippen molar-refractivity contribution in [3.05, 3.63) is 180 Å². The molecule has 0 atom stereocenters. The van der Waals surface area contributed by atoms with Crippen LogP contribution in [0, 0.1) is 17.5 Å². The number of hydrogen-bond donors (Lipinski definition) is 4. The largest absolute Gasteiger partial charge is 0.478 e. The highest BCUT2D eigenvalue weighted by atomic mass is 19.1. The van der Waals surface area contributed by atoms with Crippen LogP contribution in [0.1, 0.15) is 67.8 Å². The van der Waals surface area contributed by atoms with Crippen molar-refractivity contribution in [1.82, 2.24) is 0 Å². The lowest BCUT2D eigenvalue weighted by molar-refractivity contribution is 0.0696. The summed E-state index contributed by atoms with van der Waals surface area (Å²) < 4.78 is 37.7. The van der Waals surface area contributed by atoms with Gasteiger partial charge in [-0.1, -0.05) is 12.1 Å². The summed E-state index contributed by atoms with van der Waals surface area (Å²) in [7, 11) is 0.